The Hall–Kier alpha value is -1.91. The normalized spacial score (nSPS) is 10.3. The summed E-state index contributed by atoms with van der Waals surface area (Å²) in [6.07, 6.45) is 2.25. The van der Waals surface area contributed by atoms with Crippen molar-refractivity contribution in [1.29, 1.82) is 0 Å². The van der Waals surface area contributed by atoms with Crippen molar-refractivity contribution in [3.63, 3.8) is 0 Å². The Balaban J connectivity index is 2.13. The van der Waals surface area contributed by atoms with Crippen LogP contribution in [0.5, 0.6) is 11.6 Å². The number of ether oxygens (including phenoxy) is 1. The van der Waals surface area contributed by atoms with Crippen LogP contribution in [0.2, 0.25) is 0 Å². The summed E-state index contributed by atoms with van der Waals surface area (Å²) in [6.45, 7) is 0.0286. The highest BCUT2D eigenvalue weighted by molar-refractivity contribution is 5.33. The lowest BCUT2D eigenvalue weighted by molar-refractivity contribution is 0.275. The van der Waals surface area contributed by atoms with Crippen LogP contribution in [0.3, 0.4) is 0 Å². The van der Waals surface area contributed by atoms with Crippen LogP contribution < -0.4 is 4.74 Å². The van der Waals surface area contributed by atoms with Crippen LogP contribution >= 0.6 is 0 Å². The van der Waals surface area contributed by atoms with E-state index in [-0.39, 0.29) is 13.2 Å². The zero-order chi connectivity index (χ0) is 12.8. The number of rotatable bonds is 5. The lowest BCUT2D eigenvalue weighted by Gasteiger charge is -2.08. The minimum Gasteiger partial charge on any atom is -0.439 e. The molecule has 0 saturated heterocycles. The standard InChI is InChI=1S/C14H15NO3/c16-9-7-11-3-5-13(6-4-11)18-14-12(10-17)2-1-8-15-14/h1-6,8,16-17H,7,9-10H2. The molecule has 0 radical (unpaired) electrons. The fourth-order valence-corrected chi connectivity index (χ4v) is 1.60. The van der Waals surface area contributed by atoms with Gasteiger partial charge in [-0.25, -0.2) is 4.98 Å². The van der Waals surface area contributed by atoms with Crippen molar-refractivity contribution in [3.05, 3.63) is 53.7 Å². The summed E-state index contributed by atoms with van der Waals surface area (Å²) in [5.41, 5.74) is 1.70. The molecule has 2 N–H and O–H groups in total. The third kappa shape index (κ3) is 3.06. The summed E-state index contributed by atoms with van der Waals surface area (Å²) in [4.78, 5) is 4.08. The number of aromatic nitrogens is 1. The molecule has 4 nitrogen and oxygen atoms in total. The maximum absolute atomic E-state index is 9.16. The van der Waals surface area contributed by atoms with Gasteiger partial charge in [0.05, 0.1) is 6.61 Å². The van der Waals surface area contributed by atoms with Gasteiger partial charge in [-0.15, -0.1) is 0 Å². The monoisotopic (exact) mass is 245 g/mol. The van der Waals surface area contributed by atoms with Gasteiger partial charge in [0.25, 0.3) is 0 Å². The van der Waals surface area contributed by atoms with Crippen LogP contribution in [0.25, 0.3) is 0 Å². The van der Waals surface area contributed by atoms with Gasteiger partial charge < -0.3 is 14.9 Å². The first-order valence-electron chi connectivity index (χ1n) is 5.76. The zero-order valence-corrected chi connectivity index (χ0v) is 9.91. The Kier molecular flexibility index (Phi) is 4.28. The number of nitrogens with zero attached hydrogens (tertiary/aromatic N) is 1. The molecule has 0 aliphatic carbocycles. The van der Waals surface area contributed by atoms with E-state index >= 15 is 0 Å². The molecule has 0 spiro atoms. The quantitative estimate of drug-likeness (QED) is 0.844. The Bertz CT molecular complexity index is 497. The van der Waals surface area contributed by atoms with Crippen molar-refractivity contribution < 1.29 is 14.9 Å². The highest BCUT2D eigenvalue weighted by Gasteiger charge is 2.04. The first-order valence-corrected chi connectivity index (χ1v) is 5.76. The second-order valence-corrected chi connectivity index (χ2v) is 3.85. The molecule has 94 valence electrons. The number of aliphatic hydroxyl groups excluding tert-OH is 2. The molecule has 1 heterocycles. The lowest BCUT2D eigenvalue weighted by atomic mass is 10.1. The summed E-state index contributed by atoms with van der Waals surface area (Å²) in [5, 5.41) is 18.0. The highest BCUT2D eigenvalue weighted by atomic mass is 16.5. The zero-order valence-electron chi connectivity index (χ0n) is 9.91. The van der Waals surface area contributed by atoms with Crippen LogP contribution in [0, 0.1) is 0 Å². The Labute approximate surface area is 106 Å². The van der Waals surface area contributed by atoms with Gasteiger partial charge in [0.2, 0.25) is 5.88 Å². The van der Waals surface area contributed by atoms with Crippen molar-refractivity contribution in [2.24, 2.45) is 0 Å². The van der Waals surface area contributed by atoms with Crippen LogP contribution in [-0.4, -0.2) is 21.8 Å². The molecule has 0 saturated carbocycles. The largest absolute Gasteiger partial charge is 0.439 e. The maximum Gasteiger partial charge on any atom is 0.224 e. The fraction of sp³-hybridized carbons (Fsp3) is 0.214. The molecular formula is C14H15NO3. The molecule has 0 aliphatic rings. The molecule has 0 amide bonds. The van der Waals surface area contributed by atoms with Crippen molar-refractivity contribution in [3.8, 4) is 11.6 Å². The van der Waals surface area contributed by atoms with Crippen molar-refractivity contribution in [1.82, 2.24) is 4.98 Å². The third-order valence-electron chi connectivity index (χ3n) is 2.56. The fourth-order valence-electron chi connectivity index (χ4n) is 1.60. The first-order chi connectivity index (χ1) is 8.83. The molecule has 18 heavy (non-hydrogen) atoms. The molecule has 2 rings (SSSR count). The van der Waals surface area contributed by atoms with Crippen LogP contribution in [0.4, 0.5) is 0 Å². The van der Waals surface area contributed by atoms with Gasteiger partial charge in [0.1, 0.15) is 5.75 Å². The average Bonchev–Trinajstić information content (AvgIpc) is 2.42. The van der Waals surface area contributed by atoms with Gasteiger partial charge >= 0.3 is 0 Å². The molecule has 4 heteroatoms. The Morgan fingerprint density at radius 1 is 1.06 bits per heavy atom. The minimum absolute atomic E-state index is 0.105. The van der Waals surface area contributed by atoms with Crippen LogP contribution in [0.15, 0.2) is 42.6 Å². The van der Waals surface area contributed by atoms with E-state index in [1.807, 2.05) is 24.3 Å². The van der Waals surface area contributed by atoms with E-state index in [1.54, 1.807) is 18.3 Å². The number of benzene rings is 1. The summed E-state index contributed by atoms with van der Waals surface area (Å²) in [5.74, 6) is 1.07. The van der Waals surface area contributed by atoms with Crippen molar-refractivity contribution >= 4 is 0 Å². The lowest BCUT2D eigenvalue weighted by Crippen LogP contribution is -1.95. The summed E-state index contributed by atoms with van der Waals surface area (Å²) in [7, 11) is 0. The van der Waals surface area contributed by atoms with Crippen molar-refractivity contribution in [2.75, 3.05) is 6.61 Å². The van der Waals surface area contributed by atoms with E-state index in [1.165, 1.54) is 0 Å². The van der Waals surface area contributed by atoms with E-state index < -0.39 is 0 Å². The minimum atomic E-state index is -0.105. The van der Waals surface area contributed by atoms with Gasteiger partial charge in [-0.2, -0.15) is 0 Å². The van der Waals surface area contributed by atoms with E-state index in [9.17, 15) is 0 Å². The molecule has 0 bridgehead atoms. The topological polar surface area (TPSA) is 62.6 Å². The molecule has 0 unspecified atom stereocenters. The summed E-state index contributed by atoms with van der Waals surface area (Å²) < 4.78 is 5.60. The molecule has 0 atom stereocenters. The van der Waals surface area contributed by atoms with Gasteiger partial charge in [0.15, 0.2) is 0 Å². The van der Waals surface area contributed by atoms with Crippen LogP contribution in [-0.2, 0) is 13.0 Å². The number of pyridine rings is 1. The van der Waals surface area contributed by atoms with Crippen LogP contribution in [0.1, 0.15) is 11.1 Å². The van der Waals surface area contributed by atoms with E-state index in [4.69, 9.17) is 14.9 Å². The van der Waals surface area contributed by atoms with Gasteiger partial charge in [-0.1, -0.05) is 12.1 Å². The summed E-state index contributed by atoms with van der Waals surface area (Å²) in [6, 6.07) is 11.0. The highest BCUT2D eigenvalue weighted by Crippen LogP contribution is 2.23. The molecule has 2 aromatic rings. The second-order valence-electron chi connectivity index (χ2n) is 3.85. The molecule has 0 fully saturated rings. The molecule has 0 aliphatic heterocycles. The molecular weight excluding hydrogens is 230 g/mol. The molecule has 1 aromatic heterocycles. The van der Waals surface area contributed by atoms with E-state index in [2.05, 4.69) is 4.98 Å². The molecule has 1 aromatic carbocycles. The third-order valence-corrected chi connectivity index (χ3v) is 2.56. The summed E-state index contributed by atoms with van der Waals surface area (Å²) >= 11 is 0. The second kappa shape index (κ2) is 6.14. The van der Waals surface area contributed by atoms with E-state index in [0.29, 0.717) is 23.6 Å². The van der Waals surface area contributed by atoms with Gasteiger partial charge in [0, 0.05) is 18.4 Å². The Morgan fingerprint density at radius 3 is 2.50 bits per heavy atom. The van der Waals surface area contributed by atoms with E-state index in [0.717, 1.165) is 5.56 Å². The maximum atomic E-state index is 9.16. The predicted molar refractivity (Wildman–Crippen MR) is 67.5 cm³/mol. The number of hydrogen-bond donors (Lipinski definition) is 2. The van der Waals surface area contributed by atoms with Crippen molar-refractivity contribution in [2.45, 2.75) is 13.0 Å². The Morgan fingerprint density at radius 2 is 1.83 bits per heavy atom. The smallest absolute Gasteiger partial charge is 0.224 e. The predicted octanol–water partition coefficient (Wildman–Crippen LogP) is 1.90. The SMILES string of the molecule is OCCc1ccc(Oc2ncccc2CO)cc1. The number of aliphatic hydroxyl groups is 2. The number of hydrogen-bond acceptors (Lipinski definition) is 4. The van der Waals surface area contributed by atoms with Gasteiger partial charge in [-0.05, 0) is 36.2 Å². The average molecular weight is 245 g/mol. The first kappa shape index (κ1) is 12.5. The van der Waals surface area contributed by atoms with Gasteiger partial charge in [-0.3, -0.25) is 0 Å².